The lowest BCUT2D eigenvalue weighted by Gasteiger charge is -2.38. The van der Waals surface area contributed by atoms with Gasteiger partial charge in [0.15, 0.2) is 0 Å². The molecule has 0 aromatic carbocycles. The van der Waals surface area contributed by atoms with Gasteiger partial charge >= 0.3 is 0 Å². The number of hydrogen-bond donors (Lipinski definition) is 1. The van der Waals surface area contributed by atoms with Gasteiger partial charge < -0.3 is 24.4 Å². The predicted molar refractivity (Wildman–Crippen MR) is 133 cm³/mol. The van der Waals surface area contributed by atoms with Crippen LogP contribution in [0, 0.1) is 11.8 Å². The third-order valence-corrected chi connectivity index (χ3v) is 7.59. The van der Waals surface area contributed by atoms with Gasteiger partial charge in [-0.05, 0) is 75.6 Å². The van der Waals surface area contributed by atoms with Crippen LogP contribution in [0.25, 0.3) is 5.57 Å². The lowest BCUT2D eigenvalue weighted by molar-refractivity contribution is 0.0254. The number of rotatable bonds is 7. The molecule has 1 aliphatic carbocycles. The third-order valence-electron chi connectivity index (χ3n) is 7.59. The highest BCUT2D eigenvalue weighted by Gasteiger charge is 2.34. The quantitative estimate of drug-likeness (QED) is 0.655. The first kappa shape index (κ1) is 25.1. The van der Waals surface area contributed by atoms with Crippen molar-refractivity contribution in [2.24, 2.45) is 11.8 Å². The fourth-order valence-electron chi connectivity index (χ4n) is 5.35. The summed E-state index contributed by atoms with van der Waals surface area (Å²) < 4.78 is 12.0. The second-order valence-corrected chi connectivity index (χ2v) is 10.5. The van der Waals surface area contributed by atoms with Gasteiger partial charge in [0, 0.05) is 45.0 Å². The highest BCUT2D eigenvalue weighted by Crippen LogP contribution is 2.32. The summed E-state index contributed by atoms with van der Waals surface area (Å²) in [6.07, 6.45) is 10.7. The zero-order chi connectivity index (χ0) is 24.1. The summed E-state index contributed by atoms with van der Waals surface area (Å²) in [6, 6.07) is 1.69. The SMILES string of the molecule is C[C@@H]1CN([C@H](C)CO)C(=O)c2cc(C3=CCCCC3)cnc2O[C@@H]1CN(C)CC1CCOCC1. The number of aliphatic hydroxyl groups is 1. The summed E-state index contributed by atoms with van der Waals surface area (Å²) in [7, 11) is 2.15. The molecule has 1 aromatic rings. The molecule has 3 heterocycles. The van der Waals surface area contributed by atoms with Gasteiger partial charge in [-0.25, -0.2) is 4.98 Å². The van der Waals surface area contributed by atoms with Gasteiger partial charge in [0.1, 0.15) is 11.7 Å². The average Bonchev–Trinajstić information content (AvgIpc) is 2.86. The zero-order valence-corrected chi connectivity index (χ0v) is 21.0. The van der Waals surface area contributed by atoms with Gasteiger partial charge in [0.05, 0.1) is 12.6 Å². The van der Waals surface area contributed by atoms with Crippen molar-refractivity contribution in [3.8, 4) is 5.88 Å². The number of likely N-dealkylation sites (N-methyl/N-ethyl adjacent to an activating group) is 1. The molecule has 1 amide bonds. The minimum absolute atomic E-state index is 0.0682. The summed E-state index contributed by atoms with van der Waals surface area (Å²) in [5.74, 6) is 1.05. The highest BCUT2D eigenvalue weighted by molar-refractivity contribution is 5.97. The van der Waals surface area contributed by atoms with Crippen molar-refractivity contribution in [3.05, 3.63) is 29.5 Å². The lowest BCUT2D eigenvalue weighted by atomic mass is 9.93. The molecule has 3 aliphatic rings. The number of allylic oxidation sites excluding steroid dienone is 2. The van der Waals surface area contributed by atoms with Crippen LogP contribution in [-0.4, -0.2) is 84.4 Å². The fourth-order valence-corrected chi connectivity index (χ4v) is 5.35. The van der Waals surface area contributed by atoms with Crippen LogP contribution in [0.3, 0.4) is 0 Å². The molecule has 1 saturated heterocycles. The maximum absolute atomic E-state index is 13.6. The fraction of sp³-hybridized carbons (Fsp3) is 0.704. The van der Waals surface area contributed by atoms with E-state index >= 15 is 0 Å². The van der Waals surface area contributed by atoms with Gasteiger partial charge in [-0.2, -0.15) is 0 Å². The molecule has 188 valence electrons. The Labute approximate surface area is 204 Å². The normalized spacial score (nSPS) is 25.3. The van der Waals surface area contributed by atoms with E-state index in [4.69, 9.17) is 9.47 Å². The molecule has 0 bridgehead atoms. The molecule has 1 N–H and O–H groups in total. The second-order valence-electron chi connectivity index (χ2n) is 10.5. The second kappa shape index (κ2) is 11.6. The predicted octanol–water partition coefficient (Wildman–Crippen LogP) is 3.62. The van der Waals surface area contributed by atoms with E-state index in [9.17, 15) is 9.90 Å². The molecular formula is C27H41N3O4. The number of ether oxygens (including phenoxy) is 2. The van der Waals surface area contributed by atoms with Gasteiger partial charge in [0.2, 0.25) is 5.88 Å². The van der Waals surface area contributed by atoms with E-state index in [0.29, 0.717) is 23.9 Å². The zero-order valence-electron chi connectivity index (χ0n) is 21.0. The van der Waals surface area contributed by atoms with Crippen LogP contribution in [0.5, 0.6) is 5.88 Å². The van der Waals surface area contributed by atoms with Crippen LogP contribution in [0.4, 0.5) is 0 Å². The standard InChI is InChI=1S/C27H41N3O4/c1-19-15-30(20(2)18-31)27(32)24-13-23(22-7-5-4-6-8-22)14-28-26(24)34-25(19)17-29(3)16-21-9-11-33-12-10-21/h7,13-14,19-21,25,31H,4-6,8-12,15-18H2,1-3H3/t19-,20-,25-/m1/s1. The molecule has 34 heavy (non-hydrogen) atoms. The molecular weight excluding hydrogens is 430 g/mol. The number of nitrogens with zero attached hydrogens (tertiary/aromatic N) is 3. The van der Waals surface area contributed by atoms with E-state index in [0.717, 1.165) is 57.6 Å². The highest BCUT2D eigenvalue weighted by atomic mass is 16.5. The van der Waals surface area contributed by atoms with E-state index in [1.165, 1.54) is 18.4 Å². The summed E-state index contributed by atoms with van der Waals surface area (Å²) in [4.78, 5) is 22.4. The Morgan fingerprint density at radius 1 is 1.26 bits per heavy atom. The van der Waals surface area contributed by atoms with Crippen molar-refractivity contribution in [3.63, 3.8) is 0 Å². The molecule has 7 heteroatoms. The topological polar surface area (TPSA) is 75.1 Å². The van der Waals surface area contributed by atoms with Crippen LogP contribution >= 0.6 is 0 Å². The number of aliphatic hydroxyl groups excluding tert-OH is 1. The van der Waals surface area contributed by atoms with Gasteiger partial charge in [-0.15, -0.1) is 0 Å². The Hall–Kier alpha value is -1.96. The van der Waals surface area contributed by atoms with E-state index < -0.39 is 0 Å². The van der Waals surface area contributed by atoms with E-state index in [1.807, 2.05) is 19.2 Å². The Kier molecular flexibility index (Phi) is 8.61. The van der Waals surface area contributed by atoms with Gasteiger partial charge in [-0.3, -0.25) is 4.79 Å². The molecule has 0 saturated carbocycles. The van der Waals surface area contributed by atoms with Crippen LogP contribution < -0.4 is 4.74 Å². The number of amides is 1. The number of hydrogen-bond acceptors (Lipinski definition) is 6. The van der Waals surface area contributed by atoms with E-state index in [-0.39, 0.29) is 30.6 Å². The van der Waals surface area contributed by atoms with Crippen molar-refractivity contribution in [1.29, 1.82) is 0 Å². The molecule has 0 radical (unpaired) electrons. The monoisotopic (exact) mass is 471 g/mol. The summed E-state index contributed by atoms with van der Waals surface area (Å²) in [5, 5.41) is 9.88. The Morgan fingerprint density at radius 3 is 2.76 bits per heavy atom. The van der Waals surface area contributed by atoms with E-state index in [1.54, 1.807) is 4.90 Å². The lowest BCUT2D eigenvalue weighted by Crippen LogP contribution is -2.50. The van der Waals surface area contributed by atoms with Gasteiger partial charge in [-0.1, -0.05) is 13.0 Å². The van der Waals surface area contributed by atoms with Gasteiger partial charge in [0.25, 0.3) is 5.91 Å². The molecule has 1 aromatic heterocycles. The van der Waals surface area contributed by atoms with Crippen LogP contribution in [-0.2, 0) is 4.74 Å². The molecule has 3 atom stereocenters. The maximum atomic E-state index is 13.6. The van der Waals surface area contributed by atoms with Crippen molar-refractivity contribution in [1.82, 2.24) is 14.8 Å². The van der Waals surface area contributed by atoms with Crippen molar-refractivity contribution in [2.75, 3.05) is 46.5 Å². The Morgan fingerprint density at radius 2 is 2.06 bits per heavy atom. The number of carbonyl (C=O) groups excluding carboxylic acids is 1. The molecule has 7 nitrogen and oxygen atoms in total. The summed E-state index contributed by atoms with van der Waals surface area (Å²) in [5.41, 5.74) is 2.78. The van der Waals surface area contributed by atoms with Crippen LogP contribution in [0.1, 0.15) is 68.3 Å². The van der Waals surface area contributed by atoms with Crippen LogP contribution in [0.15, 0.2) is 18.3 Å². The molecule has 1 fully saturated rings. The van der Waals surface area contributed by atoms with Crippen LogP contribution in [0.2, 0.25) is 0 Å². The minimum Gasteiger partial charge on any atom is -0.472 e. The Bertz CT molecular complexity index is 867. The molecule has 0 unspecified atom stereocenters. The number of pyridine rings is 1. The smallest absolute Gasteiger partial charge is 0.259 e. The summed E-state index contributed by atoms with van der Waals surface area (Å²) >= 11 is 0. The Balaban J connectivity index is 1.59. The average molecular weight is 472 g/mol. The van der Waals surface area contributed by atoms with Crippen molar-refractivity contribution in [2.45, 2.75) is 64.5 Å². The first-order chi connectivity index (χ1) is 16.5. The molecule has 0 spiro atoms. The summed E-state index contributed by atoms with van der Waals surface area (Å²) in [6.45, 7) is 7.98. The molecule has 4 rings (SSSR count). The largest absolute Gasteiger partial charge is 0.472 e. The maximum Gasteiger partial charge on any atom is 0.259 e. The minimum atomic E-state index is -0.265. The van der Waals surface area contributed by atoms with Crippen molar-refractivity contribution < 1.29 is 19.4 Å². The number of aromatic nitrogens is 1. The number of fused-ring (bicyclic) bond motifs is 1. The molecule has 2 aliphatic heterocycles. The first-order valence-corrected chi connectivity index (χ1v) is 13.0. The third kappa shape index (κ3) is 5.99. The first-order valence-electron chi connectivity index (χ1n) is 13.0. The van der Waals surface area contributed by atoms with Crippen molar-refractivity contribution >= 4 is 11.5 Å². The van der Waals surface area contributed by atoms with E-state index in [2.05, 4.69) is 29.9 Å². The number of carbonyl (C=O) groups is 1.